The van der Waals surface area contributed by atoms with Crippen LogP contribution in [0, 0.1) is 0 Å². The van der Waals surface area contributed by atoms with E-state index in [1.807, 2.05) is 37.3 Å². The molecule has 5 rings (SSSR count). The number of nitrogens with one attached hydrogen (secondary N) is 2. The lowest BCUT2D eigenvalue weighted by Crippen LogP contribution is -2.27. The zero-order chi connectivity index (χ0) is 27.7. The van der Waals surface area contributed by atoms with Crippen LogP contribution < -0.4 is 21.3 Å². The molecule has 4 N–H and O–H groups in total. The molecule has 0 spiro atoms. The Bertz CT molecular complexity index is 1840. The minimum Gasteiger partial charge on any atom is -0.368 e. The molecule has 5 aromatic rings. The number of rotatable bonds is 7. The van der Waals surface area contributed by atoms with Gasteiger partial charge in [-0.15, -0.1) is 0 Å². The second-order valence-electron chi connectivity index (χ2n) is 8.89. The standard InChI is InChI=1S/C27H24ClN7O3S/c1-16(25-32-22-10-6-9-21(28)23(22)26(36)35(25)19-7-4-3-5-8-19)31-24-20(15-30-27(29)33-24)17-11-13-18(14-12-17)34-39(2,37)38/h3-16,34H,1-2H3,(H3,29,30,31,33). The summed E-state index contributed by atoms with van der Waals surface area (Å²) in [5, 5.41) is 3.99. The normalized spacial score (nSPS) is 12.3. The van der Waals surface area contributed by atoms with Crippen molar-refractivity contribution in [2.24, 2.45) is 0 Å². The van der Waals surface area contributed by atoms with E-state index in [1.165, 1.54) is 4.57 Å². The van der Waals surface area contributed by atoms with Gasteiger partial charge in [-0.2, -0.15) is 4.98 Å². The lowest BCUT2D eigenvalue weighted by molar-refractivity contribution is 0.607. The Morgan fingerprint density at radius 1 is 0.974 bits per heavy atom. The maximum Gasteiger partial charge on any atom is 0.267 e. The molecule has 2 heterocycles. The summed E-state index contributed by atoms with van der Waals surface area (Å²) in [7, 11) is -3.41. The minimum atomic E-state index is -3.41. The fourth-order valence-electron chi connectivity index (χ4n) is 4.24. The number of fused-ring (bicyclic) bond motifs is 1. The number of anilines is 3. The van der Waals surface area contributed by atoms with Crippen LogP contribution in [0.4, 0.5) is 17.5 Å². The van der Waals surface area contributed by atoms with E-state index < -0.39 is 16.1 Å². The average Bonchev–Trinajstić information content (AvgIpc) is 2.89. The summed E-state index contributed by atoms with van der Waals surface area (Å²) < 4.78 is 27.1. The number of sulfonamides is 1. The molecule has 198 valence electrons. The van der Waals surface area contributed by atoms with Crippen molar-refractivity contribution < 1.29 is 8.42 Å². The third-order valence-corrected chi connectivity index (χ3v) is 6.86. The molecule has 0 aliphatic rings. The van der Waals surface area contributed by atoms with Crippen LogP contribution in [0.3, 0.4) is 0 Å². The molecule has 0 fully saturated rings. The van der Waals surface area contributed by atoms with Crippen molar-refractivity contribution >= 4 is 50.0 Å². The molecule has 0 amide bonds. The van der Waals surface area contributed by atoms with E-state index in [-0.39, 0.29) is 11.5 Å². The summed E-state index contributed by atoms with van der Waals surface area (Å²) in [5.74, 6) is 0.915. The number of benzene rings is 3. The Balaban J connectivity index is 1.59. The van der Waals surface area contributed by atoms with Crippen molar-refractivity contribution in [2.45, 2.75) is 13.0 Å². The van der Waals surface area contributed by atoms with Crippen LogP contribution >= 0.6 is 11.6 Å². The van der Waals surface area contributed by atoms with Crippen LogP contribution in [0.15, 0.2) is 83.8 Å². The van der Waals surface area contributed by atoms with Gasteiger partial charge in [-0.05, 0) is 48.9 Å². The molecule has 39 heavy (non-hydrogen) atoms. The number of nitrogens with two attached hydrogens (primary N) is 1. The summed E-state index contributed by atoms with van der Waals surface area (Å²) in [5.41, 5.74) is 8.51. The highest BCUT2D eigenvalue weighted by atomic mass is 35.5. The number of halogens is 1. The maximum atomic E-state index is 13.7. The van der Waals surface area contributed by atoms with Gasteiger partial charge in [-0.3, -0.25) is 14.1 Å². The molecule has 0 radical (unpaired) electrons. The van der Waals surface area contributed by atoms with Crippen molar-refractivity contribution in [3.63, 3.8) is 0 Å². The molecule has 1 unspecified atom stereocenters. The maximum absolute atomic E-state index is 13.7. The average molecular weight is 562 g/mol. The number of para-hydroxylation sites is 1. The van der Waals surface area contributed by atoms with Gasteiger partial charge in [-0.1, -0.05) is 48.0 Å². The predicted octanol–water partition coefficient (Wildman–Crippen LogP) is 4.62. The summed E-state index contributed by atoms with van der Waals surface area (Å²) >= 11 is 6.40. The Hall–Kier alpha value is -4.48. The van der Waals surface area contributed by atoms with E-state index in [9.17, 15) is 13.2 Å². The lowest BCUT2D eigenvalue weighted by Gasteiger charge is -2.21. The fourth-order valence-corrected chi connectivity index (χ4v) is 5.06. The SMILES string of the molecule is CC(Nc1nc(N)ncc1-c1ccc(NS(C)(=O)=O)cc1)c1nc2cccc(Cl)c2c(=O)n1-c1ccccc1. The molecule has 12 heteroatoms. The van der Waals surface area contributed by atoms with Crippen molar-refractivity contribution in [1.29, 1.82) is 0 Å². The van der Waals surface area contributed by atoms with E-state index in [4.69, 9.17) is 22.3 Å². The highest BCUT2D eigenvalue weighted by Gasteiger charge is 2.21. The Morgan fingerprint density at radius 3 is 2.38 bits per heavy atom. The largest absolute Gasteiger partial charge is 0.368 e. The number of aromatic nitrogens is 4. The Labute approximate surface area is 229 Å². The van der Waals surface area contributed by atoms with Crippen LogP contribution in [-0.4, -0.2) is 34.2 Å². The molecular weight excluding hydrogens is 538 g/mol. The summed E-state index contributed by atoms with van der Waals surface area (Å²) in [4.78, 5) is 27.1. The van der Waals surface area contributed by atoms with Crippen LogP contribution in [0.25, 0.3) is 27.7 Å². The smallest absolute Gasteiger partial charge is 0.267 e. The van der Waals surface area contributed by atoms with Crippen molar-refractivity contribution in [3.05, 3.63) is 100 Å². The first kappa shape index (κ1) is 26.1. The van der Waals surface area contributed by atoms with Crippen LogP contribution in [0.5, 0.6) is 0 Å². The molecule has 0 aliphatic heterocycles. The first-order valence-corrected chi connectivity index (χ1v) is 14.1. The van der Waals surface area contributed by atoms with E-state index in [0.717, 1.165) is 11.8 Å². The van der Waals surface area contributed by atoms with Crippen molar-refractivity contribution in [1.82, 2.24) is 19.5 Å². The van der Waals surface area contributed by atoms with Gasteiger partial charge >= 0.3 is 0 Å². The van der Waals surface area contributed by atoms with Crippen LogP contribution in [0.1, 0.15) is 18.8 Å². The Kier molecular flexibility index (Phi) is 6.94. The van der Waals surface area contributed by atoms with Gasteiger partial charge in [0.25, 0.3) is 5.56 Å². The number of hydrogen-bond acceptors (Lipinski definition) is 8. The first-order valence-electron chi connectivity index (χ1n) is 11.8. The molecule has 10 nitrogen and oxygen atoms in total. The van der Waals surface area contributed by atoms with Gasteiger partial charge in [0.2, 0.25) is 16.0 Å². The van der Waals surface area contributed by atoms with Crippen molar-refractivity contribution in [3.8, 4) is 16.8 Å². The predicted molar refractivity (Wildman–Crippen MR) is 155 cm³/mol. The van der Waals surface area contributed by atoms with E-state index in [1.54, 1.807) is 48.7 Å². The molecular formula is C27H24ClN7O3S. The second-order valence-corrected chi connectivity index (χ2v) is 11.0. The third kappa shape index (κ3) is 5.54. The first-order chi connectivity index (χ1) is 18.6. The molecule has 3 aromatic carbocycles. The molecule has 2 aromatic heterocycles. The molecule has 0 saturated carbocycles. The van der Waals surface area contributed by atoms with E-state index in [2.05, 4.69) is 20.0 Å². The van der Waals surface area contributed by atoms with Crippen LogP contribution in [-0.2, 0) is 10.0 Å². The van der Waals surface area contributed by atoms with Gasteiger partial charge < -0.3 is 11.1 Å². The van der Waals surface area contributed by atoms with Gasteiger partial charge in [0, 0.05) is 17.4 Å². The van der Waals surface area contributed by atoms with Crippen LogP contribution in [0.2, 0.25) is 5.02 Å². The summed E-state index contributed by atoms with van der Waals surface area (Å²) in [6, 6.07) is 20.6. The lowest BCUT2D eigenvalue weighted by atomic mass is 10.1. The molecule has 1 atom stereocenters. The summed E-state index contributed by atoms with van der Waals surface area (Å²) in [6.07, 6.45) is 2.66. The van der Waals surface area contributed by atoms with Gasteiger partial charge in [0.1, 0.15) is 11.6 Å². The monoisotopic (exact) mass is 561 g/mol. The summed E-state index contributed by atoms with van der Waals surface area (Å²) in [6.45, 7) is 1.86. The highest BCUT2D eigenvalue weighted by molar-refractivity contribution is 7.92. The molecule has 0 aliphatic carbocycles. The third-order valence-electron chi connectivity index (χ3n) is 5.93. The van der Waals surface area contributed by atoms with Gasteiger partial charge in [-0.25, -0.2) is 18.4 Å². The second kappa shape index (κ2) is 10.4. The Morgan fingerprint density at radius 2 is 1.69 bits per heavy atom. The number of hydrogen-bond donors (Lipinski definition) is 3. The quantitative estimate of drug-likeness (QED) is 0.261. The van der Waals surface area contributed by atoms with Gasteiger partial charge in [0.15, 0.2) is 0 Å². The van der Waals surface area contributed by atoms with E-state index in [0.29, 0.717) is 44.5 Å². The number of nitrogen functional groups attached to an aromatic ring is 1. The minimum absolute atomic E-state index is 0.0579. The zero-order valence-corrected chi connectivity index (χ0v) is 22.5. The zero-order valence-electron chi connectivity index (χ0n) is 21.0. The molecule has 0 bridgehead atoms. The topological polar surface area (TPSA) is 145 Å². The number of nitrogens with zero attached hydrogens (tertiary/aromatic N) is 4. The van der Waals surface area contributed by atoms with Crippen molar-refractivity contribution in [2.75, 3.05) is 22.0 Å². The highest BCUT2D eigenvalue weighted by Crippen LogP contribution is 2.31. The van der Waals surface area contributed by atoms with E-state index >= 15 is 0 Å². The van der Waals surface area contributed by atoms with Gasteiger partial charge in [0.05, 0.1) is 33.9 Å². The fraction of sp³-hybridized carbons (Fsp3) is 0.111. The molecule has 0 saturated heterocycles.